The molecule has 1 fully saturated rings. The molecule has 10 nitrogen and oxygen atoms in total. The Hall–Kier alpha value is -4.18. The number of hydrogen-bond acceptors (Lipinski definition) is 5. The molecule has 2 aliphatic rings. The van der Waals surface area contributed by atoms with E-state index in [1.165, 1.54) is 0 Å². The molecule has 4 heterocycles. The van der Waals surface area contributed by atoms with E-state index in [-0.39, 0.29) is 35.8 Å². The molecule has 228 valence electrons. The number of para-hydroxylation sites is 1. The quantitative estimate of drug-likeness (QED) is 0.304. The first-order chi connectivity index (χ1) is 20.7. The number of benzene rings is 1. The number of aromatic amines is 1. The zero-order chi connectivity index (χ0) is 30.5. The fourth-order valence-corrected chi connectivity index (χ4v) is 5.99. The molecular weight excluding hydrogens is 542 g/mol. The molecule has 1 aromatic carbocycles. The number of nitrogens with zero attached hydrogens (tertiary/aromatic N) is 3. The highest BCUT2D eigenvalue weighted by molar-refractivity contribution is 6.07. The SMILES string of the molecule is CC(C)NC(=O)Nc1cc(CN2CCC(C(=O)N3CC=C(c4c(C(=O)NC(C)C)[nH]c5ccccc45)CC3)CC2)ccn1. The van der Waals surface area contributed by atoms with E-state index < -0.39 is 0 Å². The van der Waals surface area contributed by atoms with E-state index in [0.29, 0.717) is 31.0 Å². The Bertz CT molecular complexity index is 1500. The zero-order valence-electron chi connectivity index (χ0n) is 25.6. The molecular formula is C33H43N7O3. The van der Waals surface area contributed by atoms with Gasteiger partial charge in [-0.1, -0.05) is 24.3 Å². The largest absolute Gasteiger partial charge is 0.350 e. The molecule has 2 aliphatic heterocycles. The third-order valence-corrected chi connectivity index (χ3v) is 8.02. The molecule has 3 aromatic rings. The van der Waals surface area contributed by atoms with Crippen molar-refractivity contribution in [3.8, 4) is 0 Å². The summed E-state index contributed by atoms with van der Waals surface area (Å²) in [6, 6.07) is 11.7. The number of amides is 4. The van der Waals surface area contributed by atoms with E-state index in [1.54, 1.807) is 6.20 Å². The van der Waals surface area contributed by atoms with Gasteiger partial charge in [-0.2, -0.15) is 0 Å². The van der Waals surface area contributed by atoms with E-state index in [1.807, 2.05) is 69.0 Å². The molecule has 0 spiro atoms. The number of H-pyrrole nitrogens is 1. The summed E-state index contributed by atoms with van der Waals surface area (Å²) < 4.78 is 0. The Morgan fingerprint density at radius 2 is 1.74 bits per heavy atom. The fourth-order valence-electron chi connectivity index (χ4n) is 5.99. The number of likely N-dealkylation sites (tertiary alicyclic amines) is 1. The van der Waals surface area contributed by atoms with Gasteiger partial charge in [0.15, 0.2) is 0 Å². The minimum atomic E-state index is -0.267. The lowest BCUT2D eigenvalue weighted by molar-refractivity contribution is -0.136. The predicted octanol–water partition coefficient (Wildman–Crippen LogP) is 4.76. The highest BCUT2D eigenvalue weighted by Gasteiger charge is 2.30. The van der Waals surface area contributed by atoms with Crippen LogP contribution in [0, 0.1) is 5.92 Å². The molecule has 4 amide bonds. The van der Waals surface area contributed by atoms with Gasteiger partial charge in [-0.15, -0.1) is 0 Å². The number of nitrogens with one attached hydrogen (secondary N) is 4. The molecule has 0 atom stereocenters. The van der Waals surface area contributed by atoms with Crippen LogP contribution in [0.1, 0.15) is 68.6 Å². The van der Waals surface area contributed by atoms with E-state index >= 15 is 0 Å². The molecule has 4 N–H and O–H groups in total. The van der Waals surface area contributed by atoms with Gasteiger partial charge in [-0.05, 0) is 89.4 Å². The summed E-state index contributed by atoms with van der Waals surface area (Å²) in [5.74, 6) is 0.654. The maximum Gasteiger partial charge on any atom is 0.320 e. The number of piperidine rings is 1. The van der Waals surface area contributed by atoms with Crippen molar-refractivity contribution < 1.29 is 14.4 Å². The highest BCUT2D eigenvalue weighted by Crippen LogP contribution is 2.33. The summed E-state index contributed by atoms with van der Waals surface area (Å²) in [6.07, 6.45) is 6.18. The van der Waals surface area contributed by atoms with Crippen LogP contribution in [0.5, 0.6) is 0 Å². The van der Waals surface area contributed by atoms with E-state index in [2.05, 4.69) is 36.9 Å². The average molecular weight is 586 g/mol. The second-order valence-corrected chi connectivity index (χ2v) is 12.2. The summed E-state index contributed by atoms with van der Waals surface area (Å²) in [5.41, 5.74) is 4.66. The van der Waals surface area contributed by atoms with Gasteiger partial charge in [0.25, 0.3) is 5.91 Å². The molecule has 0 radical (unpaired) electrons. The Balaban J connectivity index is 1.17. The number of hydrogen-bond donors (Lipinski definition) is 4. The maximum atomic E-state index is 13.5. The Morgan fingerprint density at radius 1 is 1.00 bits per heavy atom. The minimum Gasteiger partial charge on any atom is -0.350 e. The fraction of sp³-hybridized carbons (Fsp3) is 0.455. The second-order valence-electron chi connectivity index (χ2n) is 12.2. The van der Waals surface area contributed by atoms with E-state index in [9.17, 15) is 14.4 Å². The van der Waals surface area contributed by atoms with Gasteiger partial charge in [0.2, 0.25) is 5.91 Å². The number of urea groups is 1. The van der Waals surface area contributed by atoms with Crippen LogP contribution in [0.4, 0.5) is 10.6 Å². The third kappa shape index (κ3) is 7.43. The first-order valence-corrected chi connectivity index (χ1v) is 15.3. The summed E-state index contributed by atoms with van der Waals surface area (Å²) in [7, 11) is 0. The highest BCUT2D eigenvalue weighted by atomic mass is 16.2. The van der Waals surface area contributed by atoms with Gasteiger partial charge < -0.3 is 20.5 Å². The van der Waals surface area contributed by atoms with Gasteiger partial charge in [0.1, 0.15) is 11.5 Å². The smallest absolute Gasteiger partial charge is 0.320 e. The zero-order valence-corrected chi connectivity index (χ0v) is 25.6. The molecule has 0 bridgehead atoms. The summed E-state index contributed by atoms with van der Waals surface area (Å²) >= 11 is 0. The van der Waals surface area contributed by atoms with Crippen LogP contribution in [0.2, 0.25) is 0 Å². The molecule has 10 heteroatoms. The molecule has 43 heavy (non-hydrogen) atoms. The van der Waals surface area contributed by atoms with Crippen LogP contribution in [-0.4, -0.2) is 75.9 Å². The summed E-state index contributed by atoms with van der Waals surface area (Å²) in [4.78, 5) is 50.5. The monoisotopic (exact) mass is 585 g/mol. The lowest BCUT2D eigenvalue weighted by Crippen LogP contribution is -2.43. The number of anilines is 1. The van der Waals surface area contributed by atoms with Crippen molar-refractivity contribution in [2.24, 2.45) is 5.92 Å². The number of carbonyl (C=O) groups excluding carboxylic acids is 3. The Kier molecular flexibility index (Phi) is 9.45. The van der Waals surface area contributed by atoms with Gasteiger partial charge in [-0.3, -0.25) is 19.8 Å². The molecule has 1 saturated heterocycles. The van der Waals surface area contributed by atoms with Gasteiger partial charge in [0.05, 0.1) is 0 Å². The molecule has 2 aromatic heterocycles. The third-order valence-electron chi connectivity index (χ3n) is 8.02. The molecule has 0 unspecified atom stereocenters. The van der Waals surface area contributed by atoms with Crippen LogP contribution in [0.15, 0.2) is 48.7 Å². The van der Waals surface area contributed by atoms with Crippen molar-refractivity contribution in [1.82, 2.24) is 30.4 Å². The van der Waals surface area contributed by atoms with Crippen molar-refractivity contribution in [3.05, 3.63) is 65.5 Å². The van der Waals surface area contributed by atoms with Gasteiger partial charge in [-0.25, -0.2) is 9.78 Å². The number of rotatable bonds is 8. The Labute approximate surface area is 253 Å². The van der Waals surface area contributed by atoms with Crippen molar-refractivity contribution in [1.29, 1.82) is 0 Å². The van der Waals surface area contributed by atoms with Crippen molar-refractivity contribution in [2.45, 2.75) is 65.6 Å². The van der Waals surface area contributed by atoms with E-state index in [4.69, 9.17) is 0 Å². The van der Waals surface area contributed by atoms with Crippen LogP contribution in [-0.2, 0) is 11.3 Å². The Morgan fingerprint density at radius 3 is 2.44 bits per heavy atom. The lowest BCUT2D eigenvalue weighted by Gasteiger charge is -2.35. The maximum absolute atomic E-state index is 13.5. The van der Waals surface area contributed by atoms with Crippen molar-refractivity contribution >= 4 is 40.1 Å². The summed E-state index contributed by atoms with van der Waals surface area (Å²) in [5, 5.41) is 9.65. The number of fused-ring (bicyclic) bond motifs is 1. The normalized spacial score (nSPS) is 16.4. The van der Waals surface area contributed by atoms with Crippen LogP contribution in [0.3, 0.4) is 0 Å². The summed E-state index contributed by atoms with van der Waals surface area (Å²) in [6.45, 7) is 11.4. The average Bonchev–Trinajstić information content (AvgIpc) is 3.37. The van der Waals surface area contributed by atoms with Gasteiger partial charge >= 0.3 is 6.03 Å². The van der Waals surface area contributed by atoms with Crippen LogP contribution >= 0.6 is 0 Å². The second kappa shape index (κ2) is 13.4. The van der Waals surface area contributed by atoms with Crippen LogP contribution < -0.4 is 16.0 Å². The van der Waals surface area contributed by atoms with Gasteiger partial charge in [0, 0.05) is 60.3 Å². The molecule has 0 saturated carbocycles. The number of pyridine rings is 1. The topological polar surface area (TPSA) is 122 Å². The number of carbonyl (C=O) groups is 3. The number of aromatic nitrogens is 2. The minimum absolute atomic E-state index is 0.0149. The van der Waals surface area contributed by atoms with E-state index in [0.717, 1.165) is 60.1 Å². The van der Waals surface area contributed by atoms with Crippen LogP contribution in [0.25, 0.3) is 16.5 Å². The lowest BCUT2D eigenvalue weighted by atomic mass is 9.92. The predicted molar refractivity (Wildman–Crippen MR) is 170 cm³/mol. The van der Waals surface area contributed by atoms with Crippen molar-refractivity contribution in [2.75, 3.05) is 31.5 Å². The first-order valence-electron chi connectivity index (χ1n) is 15.3. The van der Waals surface area contributed by atoms with Crippen molar-refractivity contribution in [3.63, 3.8) is 0 Å². The first kappa shape index (κ1) is 30.3. The molecule has 5 rings (SSSR count). The molecule has 0 aliphatic carbocycles. The standard InChI is InChI=1S/C33H43N7O3/c1-21(2)35-31(41)30-29(26-7-5-6-8-27(26)37-30)24-12-17-40(18-13-24)32(42)25-10-15-39(16-11-25)20-23-9-14-34-28(19-23)38-33(43)36-22(3)4/h5-9,12,14,19,21-22,25,37H,10-11,13,15-18,20H2,1-4H3,(H,35,41)(H2,34,36,38,43).